The smallest absolute Gasteiger partial charge is 0.264 e. The Balaban J connectivity index is 1.65. The second-order valence-electron chi connectivity index (χ2n) is 6.32. The average Bonchev–Trinajstić information content (AvgIpc) is 3.21. The van der Waals surface area contributed by atoms with E-state index in [9.17, 15) is 4.79 Å². The summed E-state index contributed by atoms with van der Waals surface area (Å²) in [4.78, 5) is 19.4. The second-order valence-corrected chi connectivity index (χ2v) is 7.47. The maximum absolute atomic E-state index is 13.2. The molecule has 3 heterocycles. The molecule has 24 heavy (non-hydrogen) atoms. The number of fused-ring (bicyclic) bond motifs is 1. The lowest BCUT2D eigenvalue weighted by atomic mass is 10.1. The normalized spacial score (nSPS) is 22.5. The Morgan fingerprint density at radius 2 is 2.17 bits per heavy atom. The zero-order valence-corrected chi connectivity index (χ0v) is 14.5. The molecule has 1 aromatic heterocycles. The average molecular weight is 340 g/mol. The van der Waals surface area contributed by atoms with Crippen LogP contribution < -0.4 is 9.64 Å². The van der Waals surface area contributed by atoms with E-state index < -0.39 is 0 Å². The molecular formula is C19H20N2O2S. The molecule has 2 aromatic rings. The minimum atomic E-state index is -0.0267. The molecule has 1 fully saturated rings. The summed E-state index contributed by atoms with van der Waals surface area (Å²) in [6, 6.07) is 11.9. The maximum atomic E-state index is 13.2. The van der Waals surface area contributed by atoms with Gasteiger partial charge in [0.25, 0.3) is 5.91 Å². The Morgan fingerprint density at radius 3 is 3.00 bits per heavy atom. The number of carbonyl (C=O) groups excluding carboxylic acids is 1. The number of pyridine rings is 1. The lowest BCUT2D eigenvalue weighted by molar-refractivity contribution is 0.0974. The van der Waals surface area contributed by atoms with E-state index in [0.29, 0.717) is 11.4 Å². The van der Waals surface area contributed by atoms with Gasteiger partial charge < -0.3 is 9.64 Å². The van der Waals surface area contributed by atoms with E-state index in [4.69, 9.17) is 4.74 Å². The van der Waals surface area contributed by atoms with Gasteiger partial charge in [-0.05, 0) is 49.3 Å². The van der Waals surface area contributed by atoms with Crippen LogP contribution in [-0.4, -0.2) is 34.5 Å². The number of nitrogens with zero attached hydrogens (tertiary/aromatic N) is 2. The number of rotatable bonds is 3. The van der Waals surface area contributed by atoms with E-state index in [0.717, 1.165) is 30.0 Å². The highest BCUT2D eigenvalue weighted by Crippen LogP contribution is 2.34. The summed E-state index contributed by atoms with van der Waals surface area (Å²) < 4.78 is 6.03. The maximum Gasteiger partial charge on any atom is 0.264 e. The van der Waals surface area contributed by atoms with Crippen molar-refractivity contribution in [3.63, 3.8) is 0 Å². The molecule has 124 valence electrons. The summed E-state index contributed by atoms with van der Waals surface area (Å²) in [5, 5.41) is 0. The quantitative estimate of drug-likeness (QED) is 0.857. The molecule has 2 aliphatic rings. The molecule has 0 aliphatic carbocycles. The minimum absolute atomic E-state index is 0.0267. The molecule has 2 unspecified atom stereocenters. The van der Waals surface area contributed by atoms with Crippen LogP contribution in [0.1, 0.15) is 29.3 Å². The van der Waals surface area contributed by atoms with E-state index in [1.807, 2.05) is 40.9 Å². The highest BCUT2D eigenvalue weighted by molar-refractivity contribution is 7.99. The molecule has 1 saturated heterocycles. The fraction of sp³-hybridized carbons (Fsp3) is 0.368. The molecule has 1 aromatic carbocycles. The predicted octanol–water partition coefficient (Wildman–Crippen LogP) is 3.56. The van der Waals surface area contributed by atoms with E-state index in [1.165, 1.54) is 5.56 Å². The molecule has 0 spiro atoms. The van der Waals surface area contributed by atoms with Crippen LogP contribution in [0.2, 0.25) is 0 Å². The third-order valence-corrected chi connectivity index (χ3v) is 5.73. The molecule has 2 atom stereocenters. The van der Waals surface area contributed by atoms with Gasteiger partial charge in [-0.2, -0.15) is 11.8 Å². The lowest BCUT2D eigenvalue weighted by Gasteiger charge is -2.24. The molecule has 0 bridgehead atoms. The molecule has 0 radical (unpaired) electrons. The monoisotopic (exact) mass is 340 g/mol. The second kappa shape index (κ2) is 6.48. The summed E-state index contributed by atoms with van der Waals surface area (Å²) in [6.07, 6.45) is 3.74. The Morgan fingerprint density at radius 1 is 1.29 bits per heavy atom. The number of hydrogen-bond donors (Lipinski definition) is 0. The van der Waals surface area contributed by atoms with Crippen LogP contribution in [-0.2, 0) is 6.42 Å². The first-order valence-corrected chi connectivity index (χ1v) is 9.50. The van der Waals surface area contributed by atoms with Crippen molar-refractivity contribution in [3.05, 3.63) is 53.7 Å². The molecule has 2 aliphatic heterocycles. The van der Waals surface area contributed by atoms with Crippen LogP contribution in [0.5, 0.6) is 5.88 Å². The third kappa shape index (κ3) is 2.77. The van der Waals surface area contributed by atoms with Crippen molar-refractivity contribution in [1.29, 1.82) is 0 Å². The molecule has 4 nitrogen and oxygen atoms in total. The van der Waals surface area contributed by atoms with Gasteiger partial charge in [0.15, 0.2) is 0 Å². The number of amides is 1. The lowest BCUT2D eigenvalue weighted by Crippen LogP contribution is -2.36. The van der Waals surface area contributed by atoms with Crippen molar-refractivity contribution in [2.75, 3.05) is 16.4 Å². The first-order chi connectivity index (χ1) is 11.7. The van der Waals surface area contributed by atoms with Crippen molar-refractivity contribution in [2.45, 2.75) is 31.9 Å². The summed E-state index contributed by atoms with van der Waals surface area (Å²) in [5.74, 6) is 2.51. The van der Waals surface area contributed by atoms with Crippen LogP contribution in [0.25, 0.3) is 0 Å². The van der Waals surface area contributed by atoms with E-state index in [2.05, 4.69) is 18.0 Å². The van der Waals surface area contributed by atoms with Crippen molar-refractivity contribution in [2.24, 2.45) is 0 Å². The first kappa shape index (κ1) is 15.5. The van der Waals surface area contributed by atoms with Gasteiger partial charge in [0, 0.05) is 23.7 Å². The molecule has 0 saturated carbocycles. The number of hydrogen-bond acceptors (Lipinski definition) is 4. The van der Waals surface area contributed by atoms with Crippen LogP contribution in [0.4, 0.5) is 5.69 Å². The fourth-order valence-electron chi connectivity index (χ4n) is 3.42. The minimum Gasteiger partial charge on any atom is -0.473 e. The van der Waals surface area contributed by atoms with E-state index in [-0.39, 0.29) is 18.1 Å². The number of para-hydroxylation sites is 1. The van der Waals surface area contributed by atoms with Crippen molar-refractivity contribution in [1.82, 2.24) is 4.98 Å². The summed E-state index contributed by atoms with van der Waals surface area (Å²) in [5.41, 5.74) is 2.77. The Hall–Kier alpha value is -2.01. The number of thioether (sulfide) groups is 1. The predicted molar refractivity (Wildman–Crippen MR) is 97.0 cm³/mol. The fourth-order valence-corrected chi connectivity index (χ4v) is 4.51. The van der Waals surface area contributed by atoms with Gasteiger partial charge in [0.1, 0.15) is 11.7 Å². The summed E-state index contributed by atoms with van der Waals surface area (Å²) in [6.45, 7) is 2.09. The SMILES string of the molecule is CC1Cc2ccccc2N1C(=O)c1cccnc1OC1CCSC1. The van der Waals surface area contributed by atoms with Crippen molar-refractivity contribution >= 4 is 23.4 Å². The van der Waals surface area contributed by atoms with Gasteiger partial charge in [-0.25, -0.2) is 4.98 Å². The number of anilines is 1. The van der Waals surface area contributed by atoms with Gasteiger partial charge in [0.05, 0.1) is 0 Å². The third-order valence-electron chi connectivity index (χ3n) is 4.59. The standard InChI is InChI=1S/C19H20N2O2S/c1-13-11-14-5-2-3-7-17(14)21(13)19(22)16-6-4-9-20-18(16)23-15-8-10-24-12-15/h2-7,9,13,15H,8,10-12H2,1H3. The van der Waals surface area contributed by atoms with Gasteiger partial charge in [0.2, 0.25) is 5.88 Å². The molecule has 4 rings (SSSR count). The number of benzene rings is 1. The summed E-state index contributed by atoms with van der Waals surface area (Å²) in [7, 11) is 0. The highest BCUT2D eigenvalue weighted by atomic mass is 32.2. The van der Waals surface area contributed by atoms with Crippen LogP contribution in [0.3, 0.4) is 0 Å². The Labute approximate surface area is 146 Å². The number of aromatic nitrogens is 1. The largest absolute Gasteiger partial charge is 0.473 e. The molecule has 1 amide bonds. The molecular weight excluding hydrogens is 320 g/mol. The van der Waals surface area contributed by atoms with Crippen LogP contribution >= 0.6 is 11.8 Å². The zero-order valence-electron chi connectivity index (χ0n) is 13.6. The molecule has 5 heteroatoms. The number of ether oxygens (including phenoxy) is 1. The van der Waals surface area contributed by atoms with E-state index >= 15 is 0 Å². The van der Waals surface area contributed by atoms with Crippen LogP contribution in [0, 0.1) is 0 Å². The highest BCUT2D eigenvalue weighted by Gasteiger charge is 2.33. The van der Waals surface area contributed by atoms with Crippen LogP contribution in [0.15, 0.2) is 42.6 Å². The number of carbonyl (C=O) groups is 1. The van der Waals surface area contributed by atoms with Gasteiger partial charge in [-0.1, -0.05) is 18.2 Å². The van der Waals surface area contributed by atoms with E-state index in [1.54, 1.807) is 12.3 Å². The molecule has 0 N–H and O–H groups in total. The van der Waals surface area contributed by atoms with Gasteiger partial charge >= 0.3 is 0 Å². The zero-order chi connectivity index (χ0) is 16.5. The van der Waals surface area contributed by atoms with Crippen molar-refractivity contribution in [3.8, 4) is 5.88 Å². The summed E-state index contributed by atoms with van der Waals surface area (Å²) >= 11 is 1.88. The van der Waals surface area contributed by atoms with Gasteiger partial charge in [-0.3, -0.25) is 4.79 Å². The Kier molecular flexibility index (Phi) is 4.19. The van der Waals surface area contributed by atoms with Crippen molar-refractivity contribution < 1.29 is 9.53 Å². The van der Waals surface area contributed by atoms with Gasteiger partial charge in [-0.15, -0.1) is 0 Å². The first-order valence-electron chi connectivity index (χ1n) is 8.35. The Bertz CT molecular complexity index is 759. The topological polar surface area (TPSA) is 42.4 Å².